The van der Waals surface area contributed by atoms with Crippen molar-refractivity contribution in [3.8, 4) is 5.75 Å². The van der Waals surface area contributed by atoms with Gasteiger partial charge in [-0.05, 0) is 12.1 Å². The van der Waals surface area contributed by atoms with E-state index in [4.69, 9.17) is 16.3 Å². The molecular weight excluding hydrogens is 176 g/mol. The van der Waals surface area contributed by atoms with Crippen LogP contribution in [0.5, 0.6) is 5.75 Å². The number of aldehydes is 1. The molecule has 0 unspecified atom stereocenters. The molecule has 2 nitrogen and oxygen atoms in total. The molecule has 0 N–H and O–H groups in total. The molecule has 1 heterocycles. The highest BCUT2D eigenvalue weighted by atomic mass is 35.5. The lowest BCUT2D eigenvalue weighted by Gasteiger charge is -2.02. The van der Waals surface area contributed by atoms with E-state index in [1.54, 1.807) is 12.1 Å². The van der Waals surface area contributed by atoms with Gasteiger partial charge in [0.15, 0.2) is 0 Å². The zero-order valence-electron chi connectivity index (χ0n) is 6.34. The average Bonchev–Trinajstić information content (AvgIpc) is 2.54. The molecule has 0 saturated carbocycles. The van der Waals surface area contributed by atoms with Crippen molar-refractivity contribution in [1.82, 2.24) is 0 Å². The molecule has 1 aromatic rings. The van der Waals surface area contributed by atoms with Gasteiger partial charge in [0.2, 0.25) is 0 Å². The van der Waals surface area contributed by atoms with Gasteiger partial charge in [0, 0.05) is 17.5 Å². The summed E-state index contributed by atoms with van der Waals surface area (Å²) in [5.74, 6) is 0.682. The second-order valence-corrected chi connectivity index (χ2v) is 3.07. The summed E-state index contributed by atoms with van der Waals surface area (Å²) in [5, 5.41) is 0.591. The van der Waals surface area contributed by atoms with E-state index in [9.17, 15) is 4.79 Å². The molecule has 2 rings (SSSR count). The first kappa shape index (κ1) is 7.62. The Morgan fingerprint density at radius 3 is 3.08 bits per heavy atom. The monoisotopic (exact) mass is 182 g/mol. The third-order valence-corrected chi connectivity index (χ3v) is 2.27. The summed E-state index contributed by atoms with van der Waals surface area (Å²) >= 11 is 5.86. The number of hydrogen-bond donors (Lipinski definition) is 0. The maximum Gasteiger partial charge on any atom is 0.150 e. The molecule has 0 spiro atoms. The normalized spacial score (nSPS) is 13.8. The minimum absolute atomic E-state index is 0.591. The van der Waals surface area contributed by atoms with Crippen LogP contribution >= 0.6 is 11.6 Å². The predicted octanol–water partition coefficient (Wildman–Crippen LogP) is 2.09. The van der Waals surface area contributed by atoms with Crippen LogP contribution < -0.4 is 4.74 Å². The van der Waals surface area contributed by atoms with Gasteiger partial charge in [0.05, 0.1) is 11.6 Å². The fourth-order valence-corrected chi connectivity index (χ4v) is 1.63. The first-order valence-electron chi connectivity index (χ1n) is 3.72. The van der Waals surface area contributed by atoms with E-state index < -0.39 is 0 Å². The third-order valence-electron chi connectivity index (χ3n) is 1.97. The van der Waals surface area contributed by atoms with Crippen LogP contribution in [0.4, 0.5) is 0 Å². The van der Waals surface area contributed by atoms with Crippen LogP contribution in [0.3, 0.4) is 0 Å². The molecular formula is C9H7ClO2. The topological polar surface area (TPSA) is 26.3 Å². The Labute approximate surface area is 75.1 Å². The summed E-state index contributed by atoms with van der Waals surface area (Å²) in [7, 11) is 0. The summed E-state index contributed by atoms with van der Waals surface area (Å²) < 4.78 is 5.28. The molecule has 0 aromatic heterocycles. The van der Waals surface area contributed by atoms with Crippen molar-refractivity contribution in [3.05, 3.63) is 28.3 Å². The number of ether oxygens (including phenoxy) is 1. The average molecular weight is 183 g/mol. The zero-order chi connectivity index (χ0) is 8.55. The van der Waals surface area contributed by atoms with Crippen LogP contribution in [0.15, 0.2) is 12.1 Å². The molecule has 0 atom stereocenters. The fourth-order valence-electron chi connectivity index (χ4n) is 1.39. The van der Waals surface area contributed by atoms with E-state index in [0.29, 0.717) is 22.9 Å². The van der Waals surface area contributed by atoms with Crippen LogP contribution in [0.25, 0.3) is 0 Å². The van der Waals surface area contributed by atoms with Gasteiger partial charge in [0.1, 0.15) is 12.0 Å². The van der Waals surface area contributed by atoms with Crippen LogP contribution in [0.2, 0.25) is 5.02 Å². The Hall–Kier alpha value is -1.02. The molecule has 0 fully saturated rings. The summed E-state index contributed by atoms with van der Waals surface area (Å²) in [6.07, 6.45) is 1.62. The number of carbonyl (C=O) groups is 1. The van der Waals surface area contributed by atoms with Crippen molar-refractivity contribution in [3.63, 3.8) is 0 Å². The highest BCUT2D eigenvalue weighted by molar-refractivity contribution is 6.32. The highest BCUT2D eigenvalue weighted by Gasteiger charge is 2.18. The molecule has 1 aromatic carbocycles. The smallest absolute Gasteiger partial charge is 0.150 e. The minimum atomic E-state index is 0.591. The molecule has 0 aliphatic carbocycles. The molecule has 1 aliphatic heterocycles. The molecule has 1 aliphatic rings. The summed E-state index contributed by atoms with van der Waals surface area (Å²) in [6, 6.07) is 3.41. The van der Waals surface area contributed by atoms with Gasteiger partial charge >= 0.3 is 0 Å². The molecule has 62 valence electrons. The second-order valence-electron chi connectivity index (χ2n) is 2.66. The molecule has 3 heteroatoms. The van der Waals surface area contributed by atoms with Crippen LogP contribution in [-0.4, -0.2) is 12.9 Å². The number of carbonyl (C=O) groups excluding carboxylic acids is 1. The van der Waals surface area contributed by atoms with E-state index in [1.807, 2.05) is 0 Å². The van der Waals surface area contributed by atoms with Gasteiger partial charge in [0.25, 0.3) is 0 Å². The quantitative estimate of drug-likeness (QED) is 0.622. The van der Waals surface area contributed by atoms with Crippen molar-refractivity contribution in [2.45, 2.75) is 6.42 Å². The lowest BCUT2D eigenvalue weighted by Crippen LogP contribution is -1.88. The maximum absolute atomic E-state index is 10.6. The van der Waals surface area contributed by atoms with E-state index in [1.165, 1.54) is 0 Å². The fraction of sp³-hybridized carbons (Fsp3) is 0.222. The third kappa shape index (κ3) is 0.994. The van der Waals surface area contributed by atoms with Crippen molar-refractivity contribution in [2.24, 2.45) is 0 Å². The Morgan fingerprint density at radius 1 is 1.50 bits per heavy atom. The first-order chi connectivity index (χ1) is 5.83. The van der Waals surface area contributed by atoms with Crippen LogP contribution in [0, 0.1) is 0 Å². The maximum atomic E-state index is 10.6. The van der Waals surface area contributed by atoms with E-state index in [-0.39, 0.29) is 0 Å². The molecule has 0 amide bonds. The minimum Gasteiger partial charge on any atom is -0.491 e. The summed E-state index contributed by atoms with van der Waals surface area (Å²) in [6.45, 7) is 0.625. The molecule has 0 radical (unpaired) electrons. The Bertz CT molecular complexity index is 334. The molecule has 12 heavy (non-hydrogen) atoms. The summed E-state index contributed by atoms with van der Waals surface area (Å²) in [4.78, 5) is 10.6. The summed E-state index contributed by atoms with van der Waals surface area (Å²) in [5.41, 5.74) is 1.63. The van der Waals surface area contributed by atoms with Crippen molar-refractivity contribution in [2.75, 3.05) is 6.61 Å². The predicted molar refractivity (Wildman–Crippen MR) is 46.0 cm³/mol. The van der Waals surface area contributed by atoms with Gasteiger partial charge in [-0.25, -0.2) is 0 Å². The number of hydrogen-bond acceptors (Lipinski definition) is 2. The number of benzene rings is 1. The SMILES string of the molecule is O=Cc1ccc(Cl)c2c1CCO2. The Kier molecular flexibility index (Phi) is 1.77. The van der Waals surface area contributed by atoms with Gasteiger partial charge in [-0.1, -0.05) is 11.6 Å². The van der Waals surface area contributed by atoms with Crippen molar-refractivity contribution in [1.29, 1.82) is 0 Å². The number of halogens is 1. The van der Waals surface area contributed by atoms with Crippen molar-refractivity contribution >= 4 is 17.9 Å². The molecule has 0 bridgehead atoms. The number of fused-ring (bicyclic) bond motifs is 1. The second kappa shape index (κ2) is 2.79. The van der Waals surface area contributed by atoms with E-state index in [2.05, 4.69) is 0 Å². The lowest BCUT2D eigenvalue weighted by molar-refractivity contribution is 0.112. The van der Waals surface area contributed by atoms with Gasteiger partial charge < -0.3 is 4.74 Å². The van der Waals surface area contributed by atoms with Crippen LogP contribution in [0.1, 0.15) is 15.9 Å². The van der Waals surface area contributed by atoms with Gasteiger partial charge in [-0.3, -0.25) is 4.79 Å². The Morgan fingerprint density at radius 2 is 2.33 bits per heavy atom. The standard InChI is InChI=1S/C9H7ClO2/c10-8-2-1-6(5-11)7-3-4-12-9(7)8/h1-2,5H,3-4H2. The van der Waals surface area contributed by atoms with Crippen LogP contribution in [-0.2, 0) is 6.42 Å². The van der Waals surface area contributed by atoms with Gasteiger partial charge in [-0.15, -0.1) is 0 Å². The van der Waals surface area contributed by atoms with E-state index >= 15 is 0 Å². The van der Waals surface area contributed by atoms with Crippen molar-refractivity contribution < 1.29 is 9.53 Å². The van der Waals surface area contributed by atoms with E-state index in [0.717, 1.165) is 18.3 Å². The highest BCUT2D eigenvalue weighted by Crippen LogP contribution is 2.34. The first-order valence-corrected chi connectivity index (χ1v) is 4.10. The number of rotatable bonds is 1. The lowest BCUT2D eigenvalue weighted by atomic mass is 10.1. The molecule has 0 saturated heterocycles. The Balaban J connectivity index is 2.64. The van der Waals surface area contributed by atoms with Gasteiger partial charge in [-0.2, -0.15) is 0 Å². The largest absolute Gasteiger partial charge is 0.491 e. The zero-order valence-corrected chi connectivity index (χ0v) is 7.10.